The van der Waals surface area contributed by atoms with Crippen LogP contribution in [0.25, 0.3) is 0 Å². The lowest BCUT2D eigenvalue weighted by Gasteiger charge is -2.34. The first-order valence-corrected chi connectivity index (χ1v) is 9.98. The lowest BCUT2D eigenvalue weighted by molar-refractivity contribution is -0.134. The van der Waals surface area contributed by atoms with E-state index >= 15 is 0 Å². The summed E-state index contributed by atoms with van der Waals surface area (Å²) in [5.74, 6) is 0.203. The third-order valence-electron chi connectivity index (χ3n) is 4.14. The topological polar surface area (TPSA) is 66.9 Å². The first-order valence-electron chi connectivity index (χ1n) is 7.72. The van der Waals surface area contributed by atoms with Crippen molar-refractivity contribution in [1.82, 2.24) is 9.21 Å². The van der Waals surface area contributed by atoms with Crippen molar-refractivity contribution < 1.29 is 17.9 Å². The average Bonchev–Trinajstić information content (AvgIpc) is 3.39. The van der Waals surface area contributed by atoms with Crippen LogP contribution in [0.2, 0.25) is 10.0 Å². The summed E-state index contributed by atoms with van der Waals surface area (Å²) in [5, 5.41) is 0.623. The van der Waals surface area contributed by atoms with E-state index in [-0.39, 0.29) is 17.8 Å². The van der Waals surface area contributed by atoms with Gasteiger partial charge < -0.3 is 9.64 Å². The lowest BCUT2D eigenvalue weighted by atomic mass is 10.3. The third kappa shape index (κ3) is 3.96. The molecule has 1 amide bonds. The van der Waals surface area contributed by atoms with Crippen LogP contribution < -0.4 is 4.74 Å². The second-order valence-electron chi connectivity index (χ2n) is 5.89. The molecule has 1 aliphatic heterocycles. The number of ether oxygens (including phenoxy) is 1. The van der Waals surface area contributed by atoms with E-state index in [2.05, 4.69) is 0 Å². The average molecular weight is 393 g/mol. The Kier molecular flexibility index (Phi) is 5.24. The van der Waals surface area contributed by atoms with E-state index in [1.165, 1.54) is 4.31 Å². The van der Waals surface area contributed by atoms with Crippen LogP contribution in [0.15, 0.2) is 18.2 Å². The first-order chi connectivity index (χ1) is 11.4. The summed E-state index contributed by atoms with van der Waals surface area (Å²) in [6.45, 7) is 1.29. The Balaban J connectivity index is 1.50. The minimum Gasteiger partial charge on any atom is -0.482 e. The largest absolute Gasteiger partial charge is 0.482 e. The van der Waals surface area contributed by atoms with Crippen LogP contribution in [0.4, 0.5) is 0 Å². The fourth-order valence-electron chi connectivity index (χ4n) is 2.59. The highest BCUT2D eigenvalue weighted by Crippen LogP contribution is 2.31. The maximum absolute atomic E-state index is 12.2. The van der Waals surface area contributed by atoms with Crippen molar-refractivity contribution in [2.24, 2.45) is 0 Å². The summed E-state index contributed by atoms with van der Waals surface area (Å²) in [7, 11) is -3.17. The zero-order chi connectivity index (χ0) is 17.3. The summed E-state index contributed by atoms with van der Waals surface area (Å²) in [6, 6.07) is 4.79. The van der Waals surface area contributed by atoms with Gasteiger partial charge in [-0.2, -0.15) is 4.31 Å². The zero-order valence-corrected chi connectivity index (χ0v) is 15.3. The smallest absolute Gasteiger partial charge is 0.260 e. The van der Waals surface area contributed by atoms with Gasteiger partial charge in [0.25, 0.3) is 5.91 Å². The highest BCUT2D eigenvalue weighted by molar-refractivity contribution is 7.90. The van der Waals surface area contributed by atoms with Gasteiger partial charge in [-0.3, -0.25) is 4.79 Å². The molecule has 2 fully saturated rings. The number of hydrogen-bond acceptors (Lipinski definition) is 4. The second-order valence-corrected chi connectivity index (χ2v) is 8.94. The Bertz CT molecular complexity index is 729. The Morgan fingerprint density at radius 2 is 1.83 bits per heavy atom. The van der Waals surface area contributed by atoms with Crippen LogP contribution in [-0.2, 0) is 14.8 Å². The van der Waals surface area contributed by atoms with Crippen molar-refractivity contribution in [1.29, 1.82) is 0 Å². The molecule has 9 heteroatoms. The number of sulfonamides is 1. The molecule has 0 atom stereocenters. The minimum atomic E-state index is -3.17. The van der Waals surface area contributed by atoms with E-state index in [1.807, 2.05) is 0 Å². The third-order valence-corrected chi connectivity index (χ3v) is 7.07. The molecule has 0 radical (unpaired) electrons. The van der Waals surface area contributed by atoms with E-state index in [1.54, 1.807) is 23.1 Å². The summed E-state index contributed by atoms with van der Waals surface area (Å²) < 4.78 is 31.3. The molecule has 1 aromatic carbocycles. The fraction of sp³-hybridized carbons (Fsp3) is 0.533. The van der Waals surface area contributed by atoms with Gasteiger partial charge in [0.05, 0.1) is 10.3 Å². The summed E-state index contributed by atoms with van der Waals surface area (Å²) >= 11 is 11.8. The second kappa shape index (κ2) is 7.07. The van der Waals surface area contributed by atoms with Crippen molar-refractivity contribution >= 4 is 39.1 Å². The van der Waals surface area contributed by atoms with Gasteiger partial charge in [0.15, 0.2) is 6.61 Å². The van der Waals surface area contributed by atoms with E-state index in [0.29, 0.717) is 42.0 Å². The van der Waals surface area contributed by atoms with Crippen LogP contribution in [0.3, 0.4) is 0 Å². The van der Waals surface area contributed by atoms with E-state index in [0.717, 1.165) is 12.8 Å². The number of carbonyl (C=O) groups is 1. The minimum absolute atomic E-state index is 0.142. The van der Waals surface area contributed by atoms with E-state index < -0.39 is 10.0 Å². The van der Waals surface area contributed by atoms with Crippen molar-refractivity contribution in [3.05, 3.63) is 28.2 Å². The van der Waals surface area contributed by atoms with E-state index in [9.17, 15) is 13.2 Å². The van der Waals surface area contributed by atoms with Gasteiger partial charge in [-0.25, -0.2) is 8.42 Å². The van der Waals surface area contributed by atoms with Gasteiger partial charge in [0.1, 0.15) is 5.75 Å². The van der Waals surface area contributed by atoms with Gasteiger partial charge in [0.2, 0.25) is 10.0 Å². The normalized spacial score (nSPS) is 19.3. The summed E-state index contributed by atoms with van der Waals surface area (Å²) in [5.41, 5.74) is 0. The van der Waals surface area contributed by atoms with Crippen molar-refractivity contribution in [3.63, 3.8) is 0 Å². The van der Waals surface area contributed by atoms with Crippen LogP contribution in [-0.4, -0.2) is 61.6 Å². The van der Waals surface area contributed by atoms with Crippen molar-refractivity contribution in [2.45, 2.75) is 18.1 Å². The Labute approximate surface area is 151 Å². The molecule has 6 nitrogen and oxygen atoms in total. The summed E-state index contributed by atoms with van der Waals surface area (Å²) in [6.07, 6.45) is 1.49. The fourth-order valence-corrected chi connectivity index (χ4v) is 4.88. The number of benzene rings is 1. The maximum atomic E-state index is 12.2. The number of hydrogen-bond donors (Lipinski definition) is 0. The molecular formula is C15H18Cl2N2O4S. The van der Waals surface area contributed by atoms with Gasteiger partial charge in [-0.15, -0.1) is 0 Å². The highest BCUT2D eigenvalue weighted by Gasteiger charge is 2.41. The van der Waals surface area contributed by atoms with E-state index in [4.69, 9.17) is 27.9 Å². The molecule has 0 N–H and O–H groups in total. The quantitative estimate of drug-likeness (QED) is 0.768. The van der Waals surface area contributed by atoms with Gasteiger partial charge in [-0.1, -0.05) is 23.2 Å². The van der Waals surface area contributed by atoms with Gasteiger partial charge in [-0.05, 0) is 31.0 Å². The van der Waals surface area contributed by atoms with Gasteiger partial charge in [0, 0.05) is 31.2 Å². The number of nitrogens with zero attached hydrogens (tertiary/aromatic N) is 2. The molecule has 3 rings (SSSR count). The molecule has 1 heterocycles. The molecule has 0 aromatic heterocycles. The highest BCUT2D eigenvalue weighted by atomic mass is 35.5. The van der Waals surface area contributed by atoms with Crippen LogP contribution >= 0.6 is 23.2 Å². The molecule has 0 spiro atoms. The number of piperazine rings is 1. The predicted octanol–water partition coefficient (Wildman–Crippen LogP) is 2.01. The monoisotopic (exact) mass is 392 g/mol. The summed E-state index contributed by atoms with van der Waals surface area (Å²) in [4.78, 5) is 13.8. The predicted molar refractivity (Wildman–Crippen MR) is 92.1 cm³/mol. The number of carbonyl (C=O) groups excluding carboxylic acids is 1. The molecule has 1 aromatic rings. The molecule has 24 heavy (non-hydrogen) atoms. The number of amides is 1. The van der Waals surface area contributed by atoms with Crippen LogP contribution in [0, 0.1) is 0 Å². The maximum Gasteiger partial charge on any atom is 0.260 e. The lowest BCUT2D eigenvalue weighted by Crippen LogP contribution is -2.52. The zero-order valence-electron chi connectivity index (χ0n) is 13.0. The Morgan fingerprint density at radius 1 is 1.17 bits per heavy atom. The molecular weight excluding hydrogens is 375 g/mol. The molecule has 1 saturated heterocycles. The molecule has 0 unspecified atom stereocenters. The molecule has 1 saturated carbocycles. The van der Waals surface area contributed by atoms with Crippen LogP contribution in [0.1, 0.15) is 12.8 Å². The number of halogens is 2. The molecule has 132 valence electrons. The standard InChI is InChI=1S/C15H18Cl2N2O4S/c16-11-1-4-14(13(17)9-11)23-10-15(20)18-5-7-19(8-6-18)24(21,22)12-2-3-12/h1,4,9,12H,2-3,5-8,10H2. The first kappa shape index (κ1) is 17.8. The Morgan fingerprint density at radius 3 is 2.42 bits per heavy atom. The molecule has 1 aliphatic carbocycles. The van der Waals surface area contributed by atoms with Gasteiger partial charge >= 0.3 is 0 Å². The Hall–Kier alpha value is -1.02. The van der Waals surface area contributed by atoms with Crippen molar-refractivity contribution in [2.75, 3.05) is 32.8 Å². The van der Waals surface area contributed by atoms with Crippen molar-refractivity contribution in [3.8, 4) is 5.75 Å². The molecule has 0 bridgehead atoms. The van der Waals surface area contributed by atoms with Crippen LogP contribution in [0.5, 0.6) is 5.75 Å². The number of rotatable bonds is 5. The SMILES string of the molecule is O=C(COc1ccc(Cl)cc1Cl)N1CCN(S(=O)(=O)C2CC2)CC1. The molecule has 2 aliphatic rings.